The highest BCUT2D eigenvalue weighted by Crippen LogP contribution is 2.28. The largest absolute Gasteiger partial charge is 0.478 e. The van der Waals surface area contributed by atoms with E-state index in [1.54, 1.807) is 23.2 Å². The van der Waals surface area contributed by atoms with Gasteiger partial charge in [-0.2, -0.15) is 5.10 Å². The van der Waals surface area contributed by atoms with Crippen LogP contribution in [0.25, 0.3) is 11.3 Å². The van der Waals surface area contributed by atoms with Gasteiger partial charge in [-0.25, -0.2) is 14.8 Å². The van der Waals surface area contributed by atoms with Crippen LogP contribution in [-0.4, -0.2) is 66.4 Å². The fourth-order valence-electron chi connectivity index (χ4n) is 3.61. The van der Waals surface area contributed by atoms with Gasteiger partial charge in [0.15, 0.2) is 0 Å². The molecule has 1 amide bonds. The van der Waals surface area contributed by atoms with E-state index in [1.807, 2.05) is 10.9 Å². The van der Waals surface area contributed by atoms with Crippen LogP contribution in [0.4, 0.5) is 11.6 Å². The number of nitrogens with zero attached hydrogens (tertiary/aromatic N) is 5. The number of halogens is 1. The zero-order chi connectivity index (χ0) is 22.7. The van der Waals surface area contributed by atoms with Gasteiger partial charge < -0.3 is 20.4 Å². The quantitative estimate of drug-likeness (QED) is 0.515. The summed E-state index contributed by atoms with van der Waals surface area (Å²) in [6, 6.07) is 6.43. The number of carboxylic acid groups (broad SMARTS) is 1. The minimum atomic E-state index is -1.00. The molecule has 1 aliphatic heterocycles. The van der Waals surface area contributed by atoms with Crippen molar-refractivity contribution < 1.29 is 19.8 Å². The molecule has 1 aliphatic rings. The van der Waals surface area contributed by atoms with Gasteiger partial charge in [-0.05, 0) is 25.0 Å². The van der Waals surface area contributed by atoms with Crippen LogP contribution in [-0.2, 0) is 4.79 Å². The van der Waals surface area contributed by atoms with Crippen molar-refractivity contribution in [2.75, 3.05) is 25.0 Å². The number of benzene rings is 1. The van der Waals surface area contributed by atoms with Crippen molar-refractivity contribution in [3.63, 3.8) is 0 Å². The number of carbonyl (C=O) groups is 2. The van der Waals surface area contributed by atoms with Crippen LogP contribution in [0, 0.1) is 0 Å². The van der Waals surface area contributed by atoms with Crippen LogP contribution in [0.1, 0.15) is 29.2 Å². The molecule has 1 aromatic carbocycles. The third-order valence-corrected chi connectivity index (χ3v) is 5.61. The summed E-state index contributed by atoms with van der Waals surface area (Å²) in [5, 5.41) is 25.9. The molecule has 0 saturated carbocycles. The Morgan fingerprint density at radius 2 is 1.88 bits per heavy atom. The number of hydrogen-bond acceptors (Lipinski definition) is 7. The van der Waals surface area contributed by atoms with Crippen LogP contribution in [0.3, 0.4) is 0 Å². The molecule has 0 spiro atoms. The second-order valence-corrected chi connectivity index (χ2v) is 7.78. The number of carbonyl (C=O) groups excluding carboxylic acids is 1. The molecule has 0 aliphatic carbocycles. The van der Waals surface area contributed by atoms with E-state index >= 15 is 0 Å². The van der Waals surface area contributed by atoms with Gasteiger partial charge in [0.2, 0.25) is 11.9 Å². The molecular weight excluding hydrogens is 436 g/mol. The van der Waals surface area contributed by atoms with Crippen molar-refractivity contribution >= 4 is 35.1 Å². The van der Waals surface area contributed by atoms with Gasteiger partial charge in [0.1, 0.15) is 6.61 Å². The summed E-state index contributed by atoms with van der Waals surface area (Å²) in [6.45, 7) is 0.696. The molecule has 3 N–H and O–H groups in total. The maximum atomic E-state index is 11.6. The van der Waals surface area contributed by atoms with E-state index in [2.05, 4.69) is 20.4 Å². The molecule has 3 aromatic rings. The number of aliphatic hydroxyl groups excluding tert-OH is 1. The Hall–Kier alpha value is -3.50. The van der Waals surface area contributed by atoms with Crippen molar-refractivity contribution in [1.82, 2.24) is 24.6 Å². The number of hydrogen-bond donors (Lipinski definition) is 3. The first kappa shape index (κ1) is 21.7. The molecule has 0 unspecified atom stereocenters. The highest BCUT2D eigenvalue weighted by molar-refractivity contribution is 6.32. The molecule has 0 bridgehead atoms. The normalized spacial score (nSPS) is 14.4. The van der Waals surface area contributed by atoms with Crippen LogP contribution >= 0.6 is 11.6 Å². The molecule has 4 rings (SSSR count). The molecule has 3 heterocycles. The van der Waals surface area contributed by atoms with E-state index in [9.17, 15) is 9.59 Å². The first-order valence-electron chi connectivity index (χ1n) is 10.0. The monoisotopic (exact) mass is 456 g/mol. The topological polar surface area (TPSA) is 133 Å². The van der Waals surface area contributed by atoms with Gasteiger partial charge in [-0.3, -0.25) is 9.48 Å². The van der Waals surface area contributed by atoms with Gasteiger partial charge in [-0.1, -0.05) is 23.7 Å². The molecule has 1 saturated heterocycles. The van der Waals surface area contributed by atoms with Gasteiger partial charge in [0, 0.05) is 24.8 Å². The second kappa shape index (κ2) is 9.33. The smallest absolute Gasteiger partial charge is 0.335 e. The van der Waals surface area contributed by atoms with Crippen LogP contribution in [0.5, 0.6) is 0 Å². The van der Waals surface area contributed by atoms with Crippen molar-refractivity contribution in [2.24, 2.45) is 0 Å². The number of amides is 1. The summed E-state index contributed by atoms with van der Waals surface area (Å²) >= 11 is 6.26. The van der Waals surface area contributed by atoms with E-state index in [-0.39, 0.29) is 17.5 Å². The molecule has 2 aromatic heterocycles. The predicted octanol–water partition coefficient (Wildman–Crippen LogP) is 2.59. The van der Waals surface area contributed by atoms with Crippen molar-refractivity contribution in [2.45, 2.75) is 18.9 Å². The Kier molecular flexibility index (Phi) is 6.33. The van der Waals surface area contributed by atoms with E-state index in [4.69, 9.17) is 21.8 Å². The predicted molar refractivity (Wildman–Crippen MR) is 117 cm³/mol. The fourth-order valence-corrected chi connectivity index (χ4v) is 3.81. The zero-order valence-corrected chi connectivity index (χ0v) is 17.7. The summed E-state index contributed by atoms with van der Waals surface area (Å²) < 4.78 is 1.85. The minimum Gasteiger partial charge on any atom is -0.478 e. The van der Waals surface area contributed by atoms with Gasteiger partial charge >= 0.3 is 5.97 Å². The average Bonchev–Trinajstić information content (AvgIpc) is 3.28. The van der Waals surface area contributed by atoms with Crippen molar-refractivity contribution in [3.8, 4) is 11.3 Å². The Morgan fingerprint density at radius 1 is 1.16 bits per heavy atom. The number of anilines is 2. The average molecular weight is 457 g/mol. The van der Waals surface area contributed by atoms with Crippen molar-refractivity contribution in [1.29, 1.82) is 0 Å². The molecule has 0 radical (unpaired) electrons. The number of rotatable bonds is 6. The molecule has 1 fully saturated rings. The Bertz CT molecular complexity index is 1130. The molecule has 11 heteroatoms. The third kappa shape index (κ3) is 4.71. The SMILES string of the molecule is O=C(O)c1ccc(-c2nc(Nc3cnn(C4CCN(C(=O)CO)CC4)c3)ncc2Cl)cc1. The molecule has 166 valence electrons. The number of likely N-dealkylation sites (tertiary alicyclic amines) is 1. The van der Waals surface area contributed by atoms with Gasteiger partial charge in [-0.15, -0.1) is 0 Å². The summed E-state index contributed by atoms with van der Waals surface area (Å²) in [4.78, 5) is 33.0. The molecular formula is C21H21ClN6O4. The first-order chi connectivity index (χ1) is 15.4. The number of aromatic nitrogens is 4. The number of carboxylic acids is 1. The van der Waals surface area contributed by atoms with E-state index in [0.717, 1.165) is 12.8 Å². The Balaban J connectivity index is 1.45. The Morgan fingerprint density at radius 3 is 2.53 bits per heavy atom. The van der Waals surface area contributed by atoms with Gasteiger partial charge in [0.25, 0.3) is 0 Å². The highest BCUT2D eigenvalue weighted by Gasteiger charge is 2.24. The van der Waals surface area contributed by atoms with E-state index < -0.39 is 12.6 Å². The lowest BCUT2D eigenvalue weighted by Gasteiger charge is -2.31. The lowest BCUT2D eigenvalue weighted by Crippen LogP contribution is -2.40. The van der Waals surface area contributed by atoms with Crippen LogP contribution < -0.4 is 5.32 Å². The van der Waals surface area contributed by atoms with Crippen molar-refractivity contribution in [3.05, 3.63) is 53.4 Å². The fraction of sp³-hybridized carbons (Fsp3) is 0.286. The summed E-state index contributed by atoms with van der Waals surface area (Å²) in [6.07, 6.45) is 6.51. The summed E-state index contributed by atoms with van der Waals surface area (Å²) in [7, 11) is 0. The third-order valence-electron chi connectivity index (χ3n) is 5.33. The van der Waals surface area contributed by atoms with E-state index in [1.165, 1.54) is 18.3 Å². The maximum Gasteiger partial charge on any atom is 0.335 e. The first-order valence-corrected chi connectivity index (χ1v) is 10.4. The second-order valence-electron chi connectivity index (χ2n) is 7.38. The standard InChI is InChI=1S/C21H21ClN6O4/c22-17-10-23-21(26-19(17)13-1-3-14(4-2-13)20(31)32)25-15-9-24-28(11-15)16-5-7-27(8-6-16)18(30)12-29/h1-4,9-11,16,29H,5-8,12H2,(H,31,32)(H,23,25,26). The van der Waals surface area contributed by atoms with Crippen LogP contribution in [0.15, 0.2) is 42.9 Å². The zero-order valence-electron chi connectivity index (χ0n) is 17.0. The summed E-state index contributed by atoms with van der Waals surface area (Å²) in [5.74, 6) is -0.926. The molecule has 32 heavy (non-hydrogen) atoms. The van der Waals surface area contributed by atoms with Gasteiger partial charge in [0.05, 0.1) is 40.4 Å². The summed E-state index contributed by atoms with van der Waals surface area (Å²) in [5.41, 5.74) is 2.03. The Labute approximate surface area is 188 Å². The number of aliphatic hydroxyl groups is 1. The van der Waals surface area contributed by atoms with Crippen LogP contribution in [0.2, 0.25) is 5.02 Å². The number of nitrogens with one attached hydrogen (secondary N) is 1. The maximum absolute atomic E-state index is 11.6. The number of piperidine rings is 1. The van der Waals surface area contributed by atoms with E-state index in [0.29, 0.717) is 41.0 Å². The number of aromatic carboxylic acids is 1. The lowest BCUT2D eigenvalue weighted by molar-refractivity contribution is -0.135. The lowest BCUT2D eigenvalue weighted by atomic mass is 10.1. The minimum absolute atomic E-state index is 0.155. The highest BCUT2D eigenvalue weighted by atomic mass is 35.5. The molecule has 0 atom stereocenters. The molecule has 10 nitrogen and oxygen atoms in total.